The van der Waals surface area contributed by atoms with Crippen LogP contribution >= 0.6 is 0 Å². The number of hydrogen-bond donors (Lipinski definition) is 1. The first-order chi connectivity index (χ1) is 11.3. The largest absolute Gasteiger partial charge is 0.493 e. The van der Waals surface area contributed by atoms with E-state index in [1.807, 2.05) is 30.5 Å². The molecule has 23 heavy (non-hydrogen) atoms. The van der Waals surface area contributed by atoms with Gasteiger partial charge in [-0.3, -0.25) is 0 Å². The summed E-state index contributed by atoms with van der Waals surface area (Å²) < 4.78 is 11.2. The van der Waals surface area contributed by atoms with Crippen LogP contribution in [0.3, 0.4) is 0 Å². The molecule has 4 nitrogen and oxygen atoms in total. The summed E-state index contributed by atoms with van der Waals surface area (Å²) in [4.78, 5) is 7.61. The predicted octanol–water partition coefficient (Wildman–Crippen LogP) is 4.40. The number of fused-ring (bicyclic) bond motifs is 2. The van der Waals surface area contributed by atoms with Crippen LogP contribution in [-0.2, 0) is 0 Å². The van der Waals surface area contributed by atoms with E-state index in [1.165, 1.54) is 0 Å². The molecule has 0 saturated carbocycles. The average molecular weight is 304 g/mol. The molecule has 0 aliphatic rings. The van der Waals surface area contributed by atoms with Gasteiger partial charge in [0.05, 0.1) is 14.2 Å². The molecular formula is C19H16N2O2. The van der Waals surface area contributed by atoms with Crippen molar-refractivity contribution in [3.05, 3.63) is 54.9 Å². The summed E-state index contributed by atoms with van der Waals surface area (Å²) in [5.41, 5.74) is 2.93. The van der Waals surface area contributed by atoms with Crippen molar-refractivity contribution in [1.82, 2.24) is 9.97 Å². The van der Waals surface area contributed by atoms with Crippen molar-refractivity contribution in [3.63, 3.8) is 0 Å². The molecule has 0 aliphatic carbocycles. The van der Waals surface area contributed by atoms with E-state index in [9.17, 15) is 0 Å². The topological polar surface area (TPSA) is 47.1 Å². The molecule has 4 rings (SSSR count). The van der Waals surface area contributed by atoms with Gasteiger partial charge in [-0.25, -0.2) is 4.98 Å². The van der Waals surface area contributed by atoms with E-state index in [4.69, 9.17) is 9.47 Å². The molecule has 4 heteroatoms. The zero-order valence-electron chi connectivity index (χ0n) is 13.0. The van der Waals surface area contributed by atoms with Crippen LogP contribution in [0.25, 0.3) is 32.9 Å². The maximum absolute atomic E-state index is 5.69. The predicted molar refractivity (Wildman–Crippen MR) is 92.1 cm³/mol. The molecule has 114 valence electrons. The second-order valence-corrected chi connectivity index (χ2v) is 5.31. The normalized spacial score (nSPS) is 11.0. The Labute approximate surface area is 133 Å². The Kier molecular flexibility index (Phi) is 3.15. The molecule has 0 amide bonds. The van der Waals surface area contributed by atoms with Crippen molar-refractivity contribution >= 4 is 21.8 Å². The SMILES string of the molecule is COc1cc2ccccc2c(-c2c[nH]c3ncccc23)c1OC. The molecule has 0 unspecified atom stereocenters. The van der Waals surface area contributed by atoms with E-state index in [0.29, 0.717) is 0 Å². The molecule has 2 aromatic heterocycles. The second kappa shape index (κ2) is 5.32. The minimum atomic E-state index is 0.722. The number of pyridine rings is 1. The monoisotopic (exact) mass is 304 g/mol. The van der Waals surface area contributed by atoms with E-state index < -0.39 is 0 Å². The van der Waals surface area contributed by atoms with Gasteiger partial charge in [0.15, 0.2) is 11.5 Å². The Morgan fingerprint density at radius 2 is 1.78 bits per heavy atom. The van der Waals surface area contributed by atoms with Crippen molar-refractivity contribution in [3.8, 4) is 22.6 Å². The maximum Gasteiger partial charge on any atom is 0.169 e. The van der Waals surface area contributed by atoms with Gasteiger partial charge in [0.2, 0.25) is 0 Å². The van der Waals surface area contributed by atoms with Crippen LogP contribution in [0.1, 0.15) is 0 Å². The first-order valence-corrected chi connectivity index (χ1v) is 7.39. The van der Waals surface area contributed by atoms with Gasteiger partial charge in [-0.1, -0.05) is 24.3 Å². The number of aromatic nitrogens is 2. The molecule has 0 radical (unpaired) electrons. The fourth-order valence-electron chi connectivity index (χ4n) is 3.09. The van der Waals surface area contributed by atoms with Crippen molar-refractivity contribution < 1.29 is 9.47 Å². The van der Waals surface area contributed by atoms with Crippen LogP contribution in [0.4, 0.5) is 0 Å². The summed E-state index contributed by atoms with van der Waals surface area (Å²) in [5, 5.41) is 3.29. The van der Waals surface area contributed by atoms with E-state index in [0.717, 1.165) is 44.4 Å². The lowest BCUT2D eigenvalue weighted by molar-refractivity contribution is 0.357. The first-order valence-electron chi connectivity index (χ1n) is 7.39. The summed E-state index contributed by atoms with van der Waals surface area (Å²) in [7, 11) is 3.33. The number of nitrogens with zero attached hydrogens (tertiary/aromatic N) is 1. The van der Waals surface area contributed by atoms with Crippen molar-refractivity contribution in [2.75, 3.05) is 14.2 Å². The zero-order valence-corrected chi connectivity index (χ0v) is 13.0. The number of aromatic amines is 1. The van der Waals surface area contributed by atoms with Crippen LogP contribution < -0.4 is 9.47 Å². The van der Waals surface area contributed by atoms with Gasteiger partial charge < -0.3 is 14.5 Å². The molecule has 0 saturated heterocycles. The Morgan fingerprint density at radius 3 is 2.61 bits per heavy atom. The van der Waals surface area contributed by atoms with E-state index in [2.05, 4.69) is 28.2 Å². The van der Waals surface area contributed by atoms with Gasteiger partial charge in [0.25, 0.3) is 0 Å². The number of rotatable bonds is 3. The minimum Gasteiger partial charge on any atom is -0.493 e. The van der Waals surface area contributed by atoms with Gasteiger partial charge in [-0.2, -0.15) is 0 Å². The molecule has 0 spiro atoms. The number of nitrogens with one attached hydrogen (secondary N) is 1. The highest BCUT2D eigenvalue weighted by molar-refractivity contribution is 6.07. The summed E-state index contributed by atoms with van der Waals surface area (Å²) in [6.07, 6.45) is 3.75. The lowest BCUT2D eigenvalue weighted by Gasteiger charge is -2.15. The fraction of sp³-hybridized carbons (Fsp3) is 0.105. The highest BCUT2D eigenvalue weighted by Gasteiger charge is 2.19. The summed E-state index contributed by atoms with van der Waals surface area (Å²) in [6.45, 7) is 0. The molecular weight excluding hydrogens is 288 g/mol. The number of methoxy groups -OCH3 is 2. The van der Waals surface area contributed by atoms with Crippen molar-refractivity contribution in [2.45, 2.75) is 0 Å². The molecule has 2 heterocycles. The smallest absolute Gasteiger partial charge is 0.169 e. The van der Waals surface area contributed by atoms with Crippen LogP contribution in [0.15, 0.2) is 54.9 Å². The van der Waals surface area contributed by atoms with E-state index in [1.54, 1.807) is 20.4 Å². The lowest BCUT2D eigenvalue weighted by Crippen LogP contribution is -1.94. The molecule has 0 bridgehead atoms. The van der Waals surface area contributed by atoms with Crippen LogP contribution in [-0.4, -0.2) is 24.2 Å². The third kappa shape index (κ3) is 2.03. The first kappa shape index (κ1) is 13.6. The van der Waals surface area contributed by atoms with Gasteiger partial charge in [-0.15, -0.1) is 0 Å². The molecule has 0 aliphatic heterocycles. The number of H-pyrrole nitrogens is 1. The summed E-state index contributed by atoms with van der Waals surface area (Å²) in [5.74, 6) is 1.45. The number of ether oxygens (including phenoxy) is 2. The standard InChI is InChI=1S/C19H16N2O2/c1-22-16-10-12-6-3-4-7-13(12)17(18(16)23-2)15-11-21-19-14(15)8-5-9-20-19/h3-11H,1-2H3,(H,20,21). The highest BCUT2D eigenvalue weighted by atomic mass is 16.5. The maximum atomic E-state index is 5.69. The molecule has 0 atom stereocenters. The minimum absolute atomic E-state index is 0.722. The van der Waals surface area contributed by atoms with Gasteiger partial charge in [0, 0.05) is 28.9 Å². The Morgan fingerprint density at radius 1 is 0.957 bits per heavy atom. The van der Waals surface area contributed by atoms with E-state index in [-0.39, 0.29) is 0 Å². The van der Waals surface area contributed by atoms with Gasteiger partial charge >= 0.3 is 0 Å². The zero-order chi connectivity index (χ0) is 15.8. The molecule has 4 aromatic rings. The van der Waals surface area contributed by atoms with Gasteiger partial charge in [-0.05, 0) is 29.0 Å². The van der Waals surface area contributed by atoms with E-state index >= 15 is 0 Å². The van der Waals surface area contributed by atoms with Crippen molar-refractivity contribution in [1.29, 1.82) is 0 Å². The third-order valence-corrected chi connectivity index (χ3v) is 4.11. The van der Waals surface area contributed by atoms with Crippen molar-refractivity contribution in [2.24, 2.45) is 0 Å². The average Bonchev–Trinajstić information content (AvgIpc) is 3.03. The number of hydrogen-bond acceptors (Lipinski definition) is 3. The third-order valence-electron chi connectivity index (χ3n) is 4.11. The Hall–Kier alpha value is -3.01. The molecule has 0 fully saturated rings. The lowest BCUT2D eigenvalue weighted by atomic mass is 9.96. The molecule has 1 N–H and O–H groups in total. The van der Waals surface area contributed by atoms with Crippen LogP contribution in [0, 0.1) is 0 Å². The second-order valence-electron chi connectivity index (χ2n) is 5.31. The number of benzene rings is 2. The van der Waals surface area contributed by atoms with Gasteiger partial charge in [0.1, 0.15) is 5.65 Å². The highest BCUT2D eigenvalue weighted by Crippen LogP contribution is 2.45. The summed E-state index contributed by atoms with van der Waals surface area (Å²) >= 11 is 0. The van der Waals surface area contributed by atoms with Crippen LogP contribution in [0.2, 0.25) is 0 Å². The summed E-state index contributed by atoms with van der Waals surface area (Å²) in [6, 6.07) is 14.2. The van der Waals surface area contributed by atoms with Crippen LogP contribution in [0.5, 0.6) is 11.5 Å². The molecule has 2 aromatic carbocycles. The Balaban J connectivity index is 2.16. The quantitative estimate of drug-likeness (QED) is 0.610. The Bertz CT molecular complexity index is 1000. The fourth-order valence-corrected chi connectivity index (χ4v) is 3.09.